The Morgan fingerprint density at radius 3 is 1.84 bits per heavy atom. The van der Waals surface area contributed by atoms with Crippen molar-refractivity contribution in [2.45, 2.75) is 0 Å². The van der Waals surface area contributed by atoms with Crippen LogP contribution in [0.5, 0.6) is 0 Å². The Labute approximate surface area is 135 Å². The summed E-state index contributed by atoms with van der Waals surface area (Å²) in [5, 5.41) is 24.0. The van der Waals surface area contributed by atoms with E-state index >= 15 is 0 Å². The van der Waals surface area contributed by atoms with Crippen LogP contribution in [0.2, 0.25) is 0 Å². The Morgan fingerprint density at radius 1 is 0.840 bits per heavy atom. The molecule has 0 atom stereocenters. The van der Waals surface area contributed by atoms with E-state index in [2.05, 4.69) is 5.32 Å². The summed E-state index contributed by atoms with van der Waals surface area (Å²) in [4.78, 5) is 19.2. The molecule has 0 aliphatic heterocycles. The van der Waals surface area contributed by atoms with Crippen LogP contribution in [0.1, 0.15) is 0 Å². The molecule has 0 unspecified atom stereocenters. The Hall–Kier alpha value is -3.31. The molecule has 1 N–H and O–H groups in total. The number of nitrogens with one attached hydrogen (secondary N) is 1. The van der Waals surface area contributed by atoms with E-state index in [4.69, 9.17) is 0 Å². The highest BCUT2D eigenvalue weighted by molar-refractivity contribution is 5.84. The summed E-state index contributed by atoms with van der Waals surface area (Å²) in [7, 11) is 1.07. The second kappa shape index (κ2) is 6.30. The predicted octanol–water partition coefficient (Wildman–Crippen LogP) is 3.91. The molecule has 12 heteroatoms. The Balaban J connectivity index is 3.09. The highest BCUT2D eigenvalue weighted by Crippen LogP contribution is 2.43. The van der Waals surface area contributed by atoms with E-state index in [1.165, 1.54) is 0 Å². The van der Waals surface area contributed by atoms with Crippen LogP contribution in [0, 0.1) is 49.3 Å². The van der Waals surface area contributed by atoms with Gasteiger partial charge in [0, 0.05) is 13.1 Å². The summed E-state index contributed by atoms with van der Waals surface area (Å²) in [6.07, 6.45) is 0. The third-order valence-corrected chi connectivity index (χ3v) is 3.23. The highest BCUT2D eigenvalue weighted by Gasteiger charge is 2.36. The van der Waals surface area contributed by atoms with Crippen molar-refractivity contribution in [3.05, 3.63) is 61.4 Å². The topological polar surface area (TPSA) is 98.3 Å². The van der Waals surface area contributed by atoms with E-state index < -0.39 is 67.1 Å². The van der Waals surface area contributed by atoms with Crippen molar-refractivity contribution < 1.29 is 31.8 Å². The monoisotopic (exact) mass is 363 g/mol. The van der Waals surface area contributed by atoms with E-state index in [0.717, 1.165) is 7.05 Å². The summed E-state index contributed by atoms with van der Waals surface area (Å²) < 4.78 is 69.6. The molecule has 0 spiro atoms. The van der Waals surface area contributed by atoms with Crippen molar-refractivity contribution in [1.82, 2.24) is 0 Å². The molecule has 0 aliphatic rings. The lowest BCUT2D eigenvalue weighted by molar-refractivity contribution is -0.387. The van der Waals surface area contributed by atoms with Crippen molar-refractivity contribution in [2.24, 2.45) is 0 Å². The van der Waals surface area contributed by atoms with Crippen molar-refractivity contribution in [3.63, 3.8) is 0 Å². The Kier molecular flexibility index (Phi) is 4.54. The molecule has 25 heavy (non-hydrogen) atoms. The first kappa shape index (κ1) is 18.0. The average Bonchev–Trinajstić information content (AvgIpc) is 2.53. The molecule has 7 nitrogen and oxygen atoms in total. The van der Waals surface area contributed by atoms with Crippen LogP contribution in [0.25, 0.3) is 11.1 Å². The molecule has 0 saturated heterocycles. The first-order valence-corrected chi connectivity index (χ1v) is 6.28. The molecule has 0 bridgehead atoms. The predicted molar refractivity (Wildman–Crippen MR) is 74.5 cm³/mol. The quantitative estimate of drug-likeness (QED) is 0.384. The first-order chi connectivity index (χ1) is 11.6. The summed E-state index contributed by atoms with van der Waals surface area (Å²) in [6.45, 7) is 0. The van der Waals surface area contributed by atoms with Crippen LogP contribution >= 0.6 is 0 Å². The van der Waals surface area contributed by atoms with Gasteiger partial charge in [0.1, 0.15) is 11.3 Å². The number of hydrogen-bond donors (Lipinski definition) is 1. The largest absolute Gasteiger partial charge is 0.382 e. The minimum atomic E-state index is -2.14. The van der Waals surface area contributed by atoms with Gasteiger partial charge in [-0.05, 0) is 0 Å². The Morgan fingerprint density at radius 2 is 1.36 bits per heavy atom. The fourth-order valence-corrected chi connectivity index (χ4v) is 2.17. The number of nitro benzene ring substituents is 2. The summed E-state index contributed by atoms with van der Waals surface area (Å²) in [5.74, 6) is -10.00. The van der Waals surface area contributed by atoms with E-state index in [1.54, 1.807) is 0 Å². The molecule has 0 radical (unpaired) electrons. The van der Waals surface area contributed by atoms with Gasteiger partial charge in [0.25, 0.3) is 0 Å². The normalized spacial score (nSPS) is 10.6. The second-order valence-electron chi connectivity index (χ2n) is 4.59. The maximum atomic E-state index is 14.3. The van der Waals surface area contributed by atoms with Crippen LogP contribution in [0.3, 0.4) is 0 Å². The van der Waals surface area contributed by atoms with E-state index in [0.29, 0.717) is 6.07 Å². The lowest BCUT2D eigenvalue weighted by Gasteiger charge is -2.12. The van der Waals surface area contributed by atoms with Crippen molar-refractivity contribution in [1.29, 1.82) is 0 Å². The molecular weight excluding hydrogens is 357 g/mol. The van der Waals surface area contributed by atoms with Crippen LogP contribution in [0.4, 0.5) is 39.0 Å². The molecule has 2 aromatic carbocycles. The molecule has 0 amide bonds. The molecule has 0 aliphatic carbocycles. The molecule has 0 aromatic heterocycles. The van der Waals surface area contributed by atoms with E-state index in [-0.39, 0.29) is 6.07 Å². The van der Waals surface area contributed by atoms with Crippen LogP contribution in [-0.4, -0.2) is 16.9 Å². The van der Waals surface area contributed by atoms with Gasteiger partial charge in [0.15, 0.2) is 23.3 Å². The van der Waals surface area contributed by atoms with Crippen molar-refractivity contribution in [2.75, 3.05) is 12.4 Å². The van der Waals surface area contributed by atoms with Gasteiger partial charge in [-0.2, -0.15) is 4.39 Å². The molecule has 2 aromatic rings. The molecule has 0 heterocycles. The summed E-state index contributed by atoms with van der Waals surface area (Å²) >= 11 is 0. The van der Waals surface area contributed by atoms with Crippen molar-refractivity contribution >= 4 is 17.1 Å². The van der Waals surface area contributed by atoms with Gasteiger partial charge in [-0.1, -0.05) is 0 Å². The first-order valence-electron chi connectivity index (χ1n) is 6.28. The van der Waals surface area contributed by atoms with E-state index in [1.807, 2.05) is 0 Å². The SMILES string of the molecule is CNc1cc(F)c(F)c(-c2c(F)c(F)cc([N+](=O)[O-])c2F)c1[N+](=O)[O-]. The fourth-order valence-electron chi connectivity index (χ4n) is 2.17. The number of rotatable bonds is 4. The van der Waals surface area contributed by atoms with Gasteiger partial charge in [0.05, 0.1) is 21.5 Å². The van der Waals surface area contributed by atoms with Crippen LogP contribution < -0.4 is 5.32 Å². The lowest BCUT2D eigenvalue weighted by Crippen LogP contribution is -2.07. The number of benzene rings is 2. The maximum Gasteiger partial charge on any atom is 0.308 e. The maximum absolute atomic E-state index is 14.3. The van der Waals surface area contributed by atoms with Crippen LogP contribution in [-0.2, 0) is 0 Å². The molecular formula is C13H6F5N3O4. The number of anilines is 1. The minimum absolute atomic E-state index is 0.115. The van der Waals surface area contributed by atoms with Crippen molar-refractivity contribution in [3.8, 4) is 11.1 Å². The second-order valence-corrected chi connectivity index (χ2v) is 4.59. The van der Waals surface area contributed by atoms with Gasteiger partial charge in [-0.3, -0.25) is 20.2 Å². The smallest absolute Gasteiger partial charge is 0.308 e. The number of nitrogens with zero attached hydrogens (tertiary/aromatic N) is 2. The number of halogens is 5. The molecule has 0 fully saturated rings. The highest BCUT2D eigenvalue weighted by atomic mass is 19.2. The summed E-state index contributed by atoms with van der Waals surface area (Å²) in [5.41, 5.74) is -6.94. The Bertz CT molecular complexity index is 920. The zero-order chi connectivity index (χ0) is 19.0. The van der Waals surface area contributed by atoms with Gasteiger partial charge in [0.2, 0.25) is 5.82 Å². The van der Waals surface area contributed by atoms with E-state index in [9.17, 15) is 42.2 Å². The minimum Gasteiger partial charge on any atom is -0.382 e. The number of nitro groups is 2. The standard InChI is InChI=1S/C13H6F5N3O4/c1-19-6-2-4(14)11(17)9(13(6)21(24)25)8-10(16)5(15)3-7(12(8)18)20(22)23/h2-3,19H,1H3. The number of hydrogen-bond acceptors (Lipinski definition) is 5. The third-order valence-electron chi connectivity index (χ3n) is 3.23. The third kappa shape index (κ3) is 2.81. The molecule has 2 rings (SSSR count). The van der Waals surface area contributed by atoms with Gasteiger partial charge >= 0.3 is 11.4 Å². The van der Waals surface area contributed by atoms with Gasteiger partial charge in [-0.25, -0.2) is 17.6 Å². The van der Waals surface area contributed by atoms with Gasteiger partial charge < -0.3 is 5.32 Å². The zero-order valence-corrected chi connectivity index (χ0v) is 12.1. The average molecular weight is 363 g/mol. The lowest BCUT2D eigenvalue weighted by atomic mass is 9.99. The zero-order valence-electron chi connectivity index (χ0n) is 12.1. The fraction of sp³-hybridized carbons (Fsp3) is 0.0769. The van der Waals surface area contributed by atoms with Crippen LogP contribution in [0.15, 0.2) is 12.1 Å². The summed E-state index contributed by atoms with van der Waals surface area (Å²) in [6, 6.07) is 0.233. The molecule has 132 valence electrons. The molecule has 0 saturated carbocycles. The van der Waals surface area contributed by atoms with Gasteiger partial charge in [-0.15, -0.1) is 0 Å².